The van der Waals surface area contributed by atoms with E-state index in [9.17, 15) is 9.90 Å². The van der Waals surface area contributed by atoms with E-state index >= 15 is 0 Å². The van der Waals surface area contributed by atoms with Gasteiger partial charge in [-0.3, -0.25) is 0 Å². The largest absolute Gasteiger partial charge is 0.463 e. The van der Waals surface area contributed by atoms with Crippen molar-refractivity contribution in [1.29, 1.82) is 0 Å². The van der Waals surface area contributed by atoms with Gasteiger partial charge in [-0.25, -0.2) is 4.79 Å². The van der Waals surface area contributed by atoms with Gasteiger partial charge in [0.15, 0.2) is 0 Å². The van der Waals surface area contributed by atoms with Crippen LogP contribution in [0.3, 0.4) is 0 Å². The first-order valence-corrected chi connectivity index (χ1v) is 5.11. The highest BCUT2D eigenvalue weighted by Gasteiger charge is 2.30. The van der Waals surface area contributed by atoms with Gasteiger partial charge < -0.3 is 9.84 Å². The van der Waals surface area contributed by atoms with E-state index in [1.165, 1.54) is 0 Å². The number of carbonyl (C=O) groups is 1. The molecule has 0 saturated carbocycles. The Balaban J connectivity index is 3.62. The van der Waals surface area contributed by atoms with E-state index < -0.39 is 10.9 Å². The van der Waals surface area contributed by atoms with E-state index in [4.69, 9.17) is 4.74 Å². The molecule has 0 saturated heterocycles. The lowest BCUT2D eigenvalue weighted by Crippen LogP contribution is -2.33. The molecule has 1 unspecified atom stereocenters. The number of hydrogen-bond acceptors (Lipinski definition) is 4. The number of unbranched alkanes of at least 4 members (excludes halogenated alkanes) is 2. The van der Waals surface area contributed by atoms with Crippen LogP contribution in [0.15, 0.2) is 0 Å². The molecule has 0 aromatic carbocycles. The summed E-state index contributed by atoms with van der Waals surface area (Å²) in [6.07, 6.45) is 3.21. The number of aliphatic hydroxyl groups is 1. The fraction of sp³-hybridized carbons (Fsp3) is 0.889. The molecule has 0 rings (SSSR count). The highest BCUT2D eigenvalue weighted by atomic mass is 32.1. The molecule has 0 aliphatic rings. The Morgan fingerprint density at radius 1 is 1.46 bits per heavy atom. The van der Waals surface area contributed by atoms with Gasteiger partial charge in [0.25, 0.3) is 0 Å². The lowest BCUT2D eigenvalue weighted by atomic mass is 10.2. The van der Waals surface area contributed by atoms with Crippen molar-refractivity contribution in [1.82, 2.24) is 0 Å². The Kier molecular flexibility index (Phi) is 6.16. The SMILES string of the molecule is CCCCCOC(=O)C(O)(S)CC. The second kappa shape index (κ2) is 6.27. The van der Waals surface area contributed by atoms with Gasteiger partial charge in [-0.1, -0.05) is 26.7 Å². The van der Waals surface area contributed by atoms with E-state index in [1.807, 2.05) is 0 Å². The maximum absolute atomic E-state index is 11.1. The fourth-order valence-corrected chi connectivity index (χ4v) is 0.841. The zero-order valence-electron chi connectivity index (χ0n) is 8.25. The summed E-state index contributed by atoms with van der Waals surface area (Å²) >= 11 is 3.79. The Hall–Kier alpha value is -0.220. The summed E-state index contributed by atoms with van der Waals surface area (Å²) in [6.45, 7) is 4.12. The Labute approximate surface area is 84.9 Å². The maximum atomic E-state index is 11.1. The van der Waals surface area contributed by atoms with Gasteiger partial charge in [0, 0.05) is 0 Å². The molecular formula is C9H18O3S. The number of thiol groups is 1. The molecule has 0 aliphatic heterocycles. The predicted molar refractivity (Wildman–Crippen MR) is 54.7 cm³/mol. The van der Waals surface area contributed by atoms with Gasteiger partial charge in [-0.15, -0.1) is 12.6 Å². The van der Waals surface area contributed by atoms with Crippen LogP contribution in [0, 0.1) is 0 Å². The lowest BCUT2D eigenvalue weighted by molar-refractivity contribution is -0.156. The molecular weight excluding hydrogens is 188 g/mol. The van der Waals surface area contributed by atoms with Crippen molar-refractivity contribution in [2.75, 3.05) is 6.61 Å². The number of ether oxygens (including phenoxy) is 1. The summed E-state index contributed by atoms with van der Waals surface area (Å²) in [6, 6.07) is 0. The molecule has 0 radical (unpaired) electrons. The first-order chi connectivity index (χ1) is 6.04. The summed E-state index contributed by atoms with van der Waals surface area (Å²) < 4.78 is 4.83. The molecule has 0 heterocycles. The summed E-state index contributed by atoms with van der Waals surface area (Å²) in [4.78, 5) is 9.49. The summed E-state index contributed by atoms with van der Waals surface area (Å²) in [5, 5.41) is 9.34. The Bertz CT molecular complexity index is 157. The molecule has 1 atom stereocenters. The first kappa shape index (κ1) is 12.8. The van der Waals surface area contributed by atoms with Crippen molar-refractivity contribution in [3.63, 3.8) is 0 Å². The topological polar surface area (TPSA) is 46.5 Å². The molecule has 78 valence electrons. The van der Waals surface area contributed by atoms with Crippen LogP contribution in [0.5, 0.6) is 0 Å². The molecule has 0 aromatic heterocycles. The van der Waals surface area contributed by atoms with Crippen molar-refractivity contribution in [2.24, 2.45) is 0 Å². The van der Waals surface area contributed by atoms with Crippen LogP contribution in [-0.2, 0) is 9.53 Å². The van der Waals surface area contributed by atoms with E-state index in [-0.39, 0.29) is 6.42 Å². The predicted octanol–water partition coefficient (Wildman–Crippen LogP) is 1.75. The minimum Gasteiger partial charge on any atom is -0.463 e. The van der Waals surface area contributed by atoms with Gasteiger partial charge in [-0.05, 0) is 12.8 Å². The summed E-state index contributed by atoms with van der Waals surface area (Å²) in [5.41, 5.74) is 0. The molecule has 0 aromatic rings. The average molecular weight is 206 g/mol. The van der Waals surface area contributed by atoms with Gasteiger partial charge >= 0.3 is 5.97 Å². The van der Waals surface area contributed by atoms with E-state index in [1.54, 1.807) is 6.92 Å². The van der Waals surface area contributed by atoms with Crippen molar-refractivity contribution in [2.45, 2.75) is 44.5 Å². The van der Waals surface area contributed by atoms with E-state index in [2.05, 4.69) is 19.6 Å². The van der Waals surface area contributed by atoms with Gasteiger partial charge in [-0.2, -0.15) is 0 Å². The molecule has 0 bridgehead atoms. The number of carbonyl (C=O) groups excluding carboxylic acids is 1. The van der Waals surface area contributed by atoms with Crippen LogP contribution in [-0.4, -0.2) is 22.6 Å². The highest BCUT2D eigenvalue weighted by Crippen LogP contribution is 2.16. The second-order valence-electron chi connectivity index (χ2n) is 3.01. The highest BCUT2D eigenvalue weighted by molar-refractivity contribution is 7.82. The third kappa shape index (κ3) is 5.16. The Morgan fingerprint density at radius 2 is 2.08 bits per heavy atom. The quantitative estimate of drug-likeness (QED) is 0.301. The smallest absolute Gasteiger partial charge is 0.348 e. The first-order valence-electron chi connectivity index (χ1n) is 4.66. The van der Waals surface area contributed by atoms with Gasteiger partial charge in [0.1, 0.15) is 0 Å². The monoisotopic (exact) mass is 206 g/mol. The maximum Gasteiger partial charge on any atom is 0.348 e. The zero-order valence-corrected chi connectivity index (χ0v) is 9.14. The van der Waals surface area contributed by atoms with Crippen LogP contribution < -0.4 is 0 Å². The van der Waals surface area contributed by atoms with Crippen LogP contribution in [0.1, 0.15) is 39.5 Å². The number of esters is 1. The summed E-state index contributed by atoms with van der Waals surface area (Å²) in [7, 11) is 0. The number of rotatable bonds is 6. The number of hydrogen-bond donors (Lipinski definition) is 2. The van der Waals surface area contributed by atoms with Gasteiger partial charge in [0.05, 0.1) is 6.61 Å². The molecule has 13 heavy (non-hydrogen) atoms. The standard InChI is InChI=1S/C9H18O3S/c1-3-5-6-7-12-8(10)9(11,13)4-2/h11,13H,3-7H2,1-2H3. The molecule has 0 amide bonds. The molecule has 4 heteroatoms. The normalized spacial score (nSPS) is 15.1. The summed E-state index contributed by atoms with van der Waals surface area (Å²) in [5.74, 6) is -0.644. The van der Waals surface area contributed by atoms with Crippen LogP contribution in [0.2, 0.25) is 0 Å². The van der Waals surface area contributed by atoms with Crippen LogP contribution in [0.4, 0.5) is 0 Å². The minimum absolute atomic E-state index is 0.253. The minimum atomic E-state index is -1.62. The molecule has 1 N–H and O–H groups in total. The van der Waals surface area contributed by atoms with Crippen LogP contribution >= 0.6 is 12.6 Å². The van der Waals surface area contributed by atoms with E-state index in [0.717, 1.165) is 19.3 Å². The Morgan fingerprint density at radius 3 is 2.54 bits per heavy atom. The van der Waals surface area contributed by atoms with Crippen molar-refractivity contribution in [3.8, 4) is 0 Å². The van der Waals surface area contributed by atoms with E-state index in [0.29, 0.717) is 6.61 Å². The third-order valence-corrected chi connectivity index (χ3v) is 2.30. The third-order valence-electron chi connectivity index (χ3n) is 1.80. The molecule has 0 spiro atoms. The van der Waals surface area contributed by atoms with Crippen molar-refractivity contribution >= 4 is 18.6 Å². The average Bonchev–Trinajstić information content (AvgIpc) is 2.12. The van der Waals surface area contributed by atoms with Crippen LogP contribution in [0.25, 0.3) is 0 Å². The van der Waals surface area contributed by atoms with Crippen molar-refractivity contribution < 1.29 is 14.6 Å². The zero-order chi connectivity index (χ0) is 10.3. The van der Waals surface area contributed by atoms with Crippen molar-refractivity contribution in [3.05, 3.63) is 0 Å². The molecule has 0 aliphatic carbocycles. The molecule has 0 fully saturated rings. The fourth-order valence-electron chi connectivity index (χ4n) is 0.777. The lowest BCUT2D eigenvalue weighted by Gasteiger charge is -2.17. The molecule has 3 nitrogen and oxygen atoms in total. The second-order valence-corrected chi connectivity index (χ2v) is 3.75. The van der Waals surface area contributed by atoms with Gasteiger partial charge in [0.2, 0.25) is 4.93 Å².